The maximum Gasteiger partial charge on any atom is 0.242 e. The van der Waals surface area contributed by atoms with E-state index in [1.807, 2.05) is 64.1 Å². The van der Waals surface area contributed by atoms with Gasteiger partial charge in [0.2, 0.25) is 11.8 Å². The summed E-state index contributed by atoms with van der Waals surface area (Å²) < 4.78 is 2.02. The van der Waals surface area contributed by atoms with E-state index in [4.69, 9.17) is 4.98 Å². The Morgan fingerprint density at radius 1 is 1.03 bits per heavy atom. The van der Waals surface area contributed by atoms with Crippen molar-refractivity contribution in [3.8, 4) is 0 Å². The van der Waals surface area contributed by atoms with Crippen molar-refractivity contribution in [2.75, 3.05) is 13.1 Å². The molecule has 4 rings (SSSR count). The Labute approximate surface area is 189 Å². The second-order valence-electron chi connectivity index (χ2n) is 8.62. The smallest absolute Gasteiger partial charge is 0.242 e. The largest absolute Gasteiger partial charge is 0.356 e. The Hall–Kier alpha value is -3.15. The summed E-state index contributed by atoms with van der Waals surface area (Å²) in [6.07, 6.45) is 5.11. The molecule has 1 saturated heterocycles. The SMILES string of the molecule is CC1CCCCN1C(=O)Cn1c(CCNC(=O)CCc2ccccc2)nc2ccccc21. The number of nitrogens with zero attached hydrogens (tertiary/aromatic N) is 3. The number of hydrogen-bond acceptors (Lipinski definition) is 3. The van der Waals surface area contributed by atoms with Crippen LogP contribution in [0.4, 0.5) is 0 Å². The zero-order chi connectivity index (χ0) is 22.3. The van der Waals surface area contributed by atoms with Gasteiger partial charge in [-0.1, -0.05) is 42.5 Å². The van der Waals surface area contributed by atoms with Gasteiger partial charge >= 0.3 is 0 Å². The van der Waals surface area contributed by atoms with Gasteiger partial charge in [-0.25, -0.2) is 4.98 Å². The van der Waals surface area contributed by atoms with Crippen LogP contribution in [0.2, 0.25) is 0 Å². The van der Waals surface area contributed by atoms with Crippen LogP contribution in [0.1, 0.15) is 44.0 Å². The molecular weight excluding hydrogens is 400 g/mol. The molecule has 2 amide bonds. The van der Waals surface area contributed by atoms with Crippen LogP contribution in [0, 0.1) is 0 Å². The summed E-state index contributed by atoms with van der Waals surface area (Å²) in [6.45, 7) is 3.77. The number of benzene rings is 2. The fourth-order valence-electron chi connectivity index (χ4n) is 4.49. The molecule has 0 aliphatic carbocycles. The molecule has 0 bridgehead atoms. The molecule has 1 aromatic heterocycles. The van der Waals surface area contributed by atoms with Crippen LogP contribution in [0.5, 0.6) is 0 Å². The molecule has 0 spiro atoms. The lowest BCUT2D eigenvalue weighted by atomic mass is 10.0. The molecule has 1 N–H and O–H groups in total. The standard InChI is InChI=1S/C26H32N4O2/c1-20-9-7-8-18-29(20)26(32)19-30-23-13-6-5-12-22(23)28-24(30)16-17-27-25(31)15-14-21-10-3-2-4-11-21/h2-6,10-13,20H,7-9,14-19H2,1H3,(H,27,31). The van der Waals surface area contributed by atoms with E-state index in [0.29, 0.717) is 32.0 Å². The lowest BCUT2D eigenvalue weighted by molar-refractivity contribution is -0.135. The number of carbonyl (C=O) groups is 2. The highest BCUT2D eigenvalue weighted by Gasteiger charge is 2.24. The lowest BCUT2D eigenvalue weighted by Gasteiger charge is -2.33. The van der Waals surface area contributed by atoms with Gasteiger partial charge in [0.1, 0.15) is 12.4 Å². The minimum atomic E-state index is 0.0368. The molecule has 6 nitrogen and oxygen atoms in total. The van der Waals surface area contributed by atoms with Gasteiger partial charge in [-0.15, -0.1) is 0 Å². The summed E-state index contributed by atoms with van der Waals surface area (Å²) in [5.41, 5.74) is 3.02. The number of rotatable bonds is 8. The molecule has 32 heavy (non-hydrogen) atoms. The lowest BCUT2D eigenvalue weighted by Crippen LogP contribution is -2.43. The number of aryl methyl sites for hydroxylation is 1. The second kappa shape index (κ2) is 10.4. The van der Waals surface area contributed by atoms with E-state index in [-0.39, 0.29) is 11.8 Å². The molecule has 3 aromatic rings. The fourth-order valence-corrected chi connectivity index (χ4v) is 4.49. The number of amides is 2. The topological polar surface area (TPSA) is 67.2 Å². The Morgan fingerprint density at radius 2 is 1.81 bits per heavy atom. The summed E-state index contributed by atoms with van der Waals surface area (Å²) in [7, 11) is 0. The van der Waals surface area contributed by atoms with Crippen molar-refractivity contribution in [2.24, 2.45) is 0 Å². The van der Waals surface area contributed by atoms with Gasteiger partial charge in [-0.2, -0.15) is 0 Å². The van der Waals surface area contributed by atoms with Crippen LogP contribution in [0.25, 0.3) is 11.0 Å². The number of nitrogens with one attached hydrogen (secondary N) is 1. The molecule has 1 aliphatic heterocycles. The molecular formula is C26H32N4O2. The normalized spacial score (nSPS) is 16.3. The third-order valence-corrected chi connectivity index (χ3v) is 6.30. The van der Waals surface area contributed by atoms with Gasteiger partial charge in [0, 0.05) is 32.0 Å². The van der Waals surface area contributed by atoms with Crippen molar-refractivity contribution in [3.63, 3.8) is 0 Å². The maximum absolute atomic E-state index is 13.1. The average molecular weight is 433 g/mol. The van der Waals surface area contributed by atoms with Crippen molar-refractivity contribution in [2.45, 2.75) is 58.0 Å². The summed E-state index contributed by atoms with van der Waals surface area (Å²) in [5, 5.41) is 3.01. The zero-order valence-electron chi connectivity index (χ0n) is 18.8. The number of imidazole rings is 1. The second-order valence-corrected chi connectivity index (χ2v) is 8.62. The maximum atomic E-state index is 13.1. The van der Waals surface area contributed by atoms with Crippen LogP contribution < -0.4 is 5.32 Å². The summed E-state index contributed by atoms with van der Waals surface area (Å²) >= 11 is 0. The highest BCUT2D eigenvalue weighted by molar-refractivity contribution is 5.81. The van der Waals surface area contributed by atoms with Crippen molar-refractivity contribution < 1.29 is 9.59 Å². The monoisotopic (exact) mass is 432 g/mol. The molecule has 1 aliphatic rings. The van der Waals surface area contributed by atoms with Crippen molar-refractivity contribution in [3.05, 3.63) is 66.0 Å². The highest BCUT2D eigenvalue weighted by Crippen LogP contribution is 2.20. The highest BCUT2D eigenvalue weighted by atomic mass is 16.2. The Kier molecular flexibility index (Phi) is 7.20. The Morgan fingerprint density at radius 3 is 2.62 bits per heavy atom. The average Bonchev–Trinajstić information content (AvgIpc) is 3.16. The minimum absolute atomic E-state index is 0.0368. The van der Waals surface area contributed by atoms with Crippen LogP contribution in [-0.4, -0.2) is 45.4 Å². The van der Waals surface area contributed by atoms with Crippen LogP contribution in [0.15, 0.2) is 54.6 Å². The van der Waals surface area contributed by atoms with Gasteiger partial charge < -0.3 is 14.8 Å². The van der Waals surface area contributed by atoms with Crippen molar-refractivity contribution >= 4 is 22.8 Å². The van der Waals surface area contributed by atoms with E-state index in [1.165, 1.54) is 6.42 Å². The zero-order valence-corrected chi connectivity index (χ0v) is 18.8. The van der Waals surface area contributed by atoms with Crippen LogP contribution >= 0.6 is 0 Å². The number of likely N-dealkylation sites (tertiary alicyclic amines) is 1. The first kappa shape index (κ1) is 22.1. The van der Waals surface area contributed by atoms with E-state index in [9.17, 15) is 9.59 Å². The van der Waals surface area contributed by atoms with Gasteiger partial charge in [0.15, 0.2) is 0 Å². The molecule has 0 radical (unpaired) electrons. The van der Waals surface area contributed by atoms with Crippen molar-refractivity contribution in [1.29, 1.82) is 0 Å². The van der Waals surface area contributed by atoms with E-state index in [0.717, 1.165) is 48.2 Å². The summed E-state index contributed by atoms with van der Waals surface area (Å²) in [6, 6.07) is 18.2. The predicted octanol–water partition coefficient (Wildman–Crippen LogP) is 3.73. The van der Waals surface area contributed by atoms with Gasteiger partial charge in [0.05, 0.1) is 11.0 Å². The van der Waals surface area contributed by atoms with E-state index in [2.05, 4.69) is 12.2 Å². The Balaban J connectivity index is 1.38. The first-order chi connectivity index (χ1) is 15.6. The fraction of sp³-hybridized carbons (Fsp3) is 0.423. The summed E-state index contributed by atoms with van der Waals surface area (Å²) in [5.74, 6) is 1.02. The van der Waals surface area contributed by atoms with E-state index in [1.54, 1.807) is 0 Å². The van der Waals surface area contributed by atoms with Crippen LogP contribution in [0.3, 0.4) is 0 Å². The first-order valence-electron chi connectivity index (χ1n) is 11.7. The number of fused-ring (bicyclic) bond motifs is 1. The first-order valence-corrected chi connectivity index (χ1v) is 11.7. The molecule has 6 heteroatoms. The quantitative estimate of drug-likeness (QED) is 0.590. The number of carbonyl (C=O) groups excluding carboxylic acids is 2. The molecule has 168 valence electrons. The molecule has 1 unspecified atom stereocenters. The predicted molar refractivity (Wildman–Crippen MR) is 126 cm³/mol. The van der Waals surface area contributed by atoms with Gasteiger partial charge in [-0.3, -0.25) is 9.59 Å². The van der Waals surface area contributed by atoms with Gasteiger partial charge in [0.25, 0.3) is 0 Å². The third-order valence-electron chi connectivity index (χ3n) is 6.30. The van der Waals surface area contributed by atoms with Crippen LogP contribution in [-0.2, 0) is 29.0 Å². The Bertz CT molecular complexity index is 1060. The molecule has 2 aromatic carbocycles. The molecule has 1 fully saturated rings. The van der Waals surface area contributed by atoms with Gasteiger partial charge in [-0.05, 0) is 50.3 Å². The number of para-hydroxylation sites is 2. The molecule has 1 atom stereocenters. The number of piperidine rings is 1. The number of aromatic nitrogens is 2. The minimum Gasteiger partial charge on any atom is -0.356 e. The molecule has 0 saturated carbocycles. The molecule has 2 heterocycles. The van der Waals surface area contributed by atoms with E-state index < -0.39 is 0 Å². The third kappa shape index (κ3) is 5.36. The van der Waals surface area contributed by atoms with Crippen molar-refractivity contribution in [1.82, 2.24) is 19.8 Å². The van der Waals surface area contributed by atoms with E-state index >= 15 is 0 Å². The summed E-state index contributed by atoms with van der Waals surface area (Å²) in [4.78, 5) is 32.1. The number of hydrogen-bond donors (Lipinski definition) is 1.